The first-order chi connectivity index (χ1) is 14.6. The molecule has 31 heavy (non-hydrogen) atoms. The normalized spacial score (nSPS) is 15.1. The molecular formula is C16H21N9O4S2. The maximum Gasteiger partial charge on any atom is 0.241 e. The molecule has 0 radical (unpaired) electrons. The number of anilines is 1. The highest BCUT2D eigenvalue weighted by Crippen LogP contribution is 2.36. The molecule has 0 saturated heterocycles. The Bertz CT molecular complexity index is 1270. The van der Waals surface area contributed by atoms with E-state index in [9.17, 15) is 16.8 Å². The van der Waals surface area contributed by atoms with E-state index >= 15 is 0 Å². The van der Waals surface area contributed by atoms with Crippen molar-refractivity contribution in [3.63, 3.8) is 0 Å². The molecule has 0 amide bonds. The van der Waals surface area contributed by atoms with E-state index in [1.807, 2.05) is 0 Å². The maximum absolute atomic E-state index is 12.9. The number of primary sulfonamides is 1. The van der Waals surface area contributed by atoms with Crippen LogP contribution in [0.5, 0.6) is 0 Å². The largest absolute Gasteiger partial charge is 0.383 e. The topological polar surface area (TPSA) is 234 Å². The molecule has 0 aliphatic carbocycles. The first-order valence-corrected chi connectivity index (χ1v) is 11.9. The Hall–Kier alpha value is -2.82. The third-order valence-corrected chi connectivity index (χ3v) is 6.92. The molecular weight excluding hydrogens is 446 g/mol. The van der Waals surface area contributed by atoms with E-state index in [1.54, 1.807) is 12.1 Å². The van der Waals surface area contributed by atoms with Gasteiger partial charge in [0.1, 0.15) is 15.6 Å². The predicted molar refractivity (Wildman–Crippen MR) is 114 cm³/mol. The molecule has 3 rings (SSSR count). The number of hydrogen-bond donors (Lipinski definition) is 5. The van der Waals surface area contributed by atoms with Gasteiger partial charge in [0.25, 0.3) is 0 Å². The van der Waals surface area contributed by atoms with E-state index in [0.717, 1.165) is 6.07 Å². The van der Waals surface area contributed by atoms with E-state index < -0.39 is 35.9 Å². The van der Waals surface area contributed by atoms with E-state index in [0.29, 0.717) is 5.56 Å². The molecule has 1 atom stereocenters. The summed E-state index contributed by atoms with van der Waals surface area (Å²) in [5.74, 6) is -0.0136. The summed E-state index contributed by atoms with van der Waals surface area (Å²) in [4.78, 5) is 6.76. The molecule has 13 nitrogen and oxygen atoms in total. The fraction of sp³-hybridized carbons (Fsp3) is 0.250. The van der Waals surface area contributed by atoms with E-state index in [1.165, 1.54) is 12.3 Å². The lowest BCUT2D eigenvalue weighted by atomic mass is 9.99. The van der Waals surface area contributed by atoms with Crippen molar-refractivity contribution in [2.45, 2.75) is 15.8 Å². The molecule has 1 aliphatic rings. The molecule has 0 fully saturated rings. The van der Waals surface area contributed by atoms with Crippen molar-refractivity contribution in [2.75, 3.05) is 25.5 Å². The first-order valence-electron chi connectivity index (χ1n) is 8.84. The number of nitrogens with two attached hydrogens (primary N) is 4. The molecule has 0 spiro atoms. The monoisotopic (exact) mass is 467 g/mol. The van der Waals surface area contributed by atoms with Crippen molar-refractivity contribution in [1.82, 2.24) is 9.71 Å². The summed E-state index contributed by atoms with van der Waals surface area (Å²) >= 11 is 0. The van der Waals surface area contributed by atoms with Gasteiger partial charge in [0, 0.05) is 30.9 Å². The summed E-state index contributed by atoms with van der Waals surface area (Å²) in [6.07, 6.45) is 1.45. The van der Waals surface area contributed by atoms with Gasteiger partial charge < -0.3 is 17.2 Å². The van der Waals surface area contributed by atoms with Crippen molar-refractivity contribution in [2.24, 2.45) is 31.8 Å². The highest BCUT2D eigenvalue weighted by molar-refractivity contribution is 7.92. The summed E-state index contributed by atoms with van der Waals surface area (Å²) in [5.41, 5.74) is 17.5. The maximum atomic E-state index is 12.9. The number of azo groups is 1. The number of nitrogens with zero attached hydrogens (tertiary/aromatic N) is 4. The minimum Gasteiger partial charge on any atom is -0.383 e. The van der Waals surface area contributed by atoms with Crippen molar-refractivity contribution >= 4 is 31.7 Å². The van der Waals surface area contributed by atoms with Gasteiger partial charge in [0.15, 0.2) is 12.5 Å². The number of aliphatic imine (C=N–C) groups is 1. The minimum atomic E-state index is -4.59. The van der Waals surface area contributed by atoms with Crippen LogP contribution in [0.1, 0.15) is 5.56 Å². The molecule has 2 heterocycles. The Labute approximate surface area is 178 Å². The molecule has 1 aliphatic heterocycles. The van der Waals surface area contributed by atoms with Crippen molar-refractivity contribution in [3.05, 3.63) is 36.0 Å². The van der Waals surface area contributed by atoms with Gasteiger partial charge in [0.05, 0.1) is 5.56 Å². The number of aromatic nitrogens is 1. The lowest BCUT2D eigenvalue weighted by molar-refractivity contribution is 0.563. The molecule has 9 N–H and O–H groups in total. The van der Waals surface area contributed by atoms with Crippen molar-refractivity contribution < 1.29 is 16.8 Å². The molecule has 15 heteroatoms. The Morgan fingerprint density at radius 3 is 2.45 bits per heavy atom. The average molecular weight is 468 g/mol. The van der Waals surface area contributed by atoms with Crippen LogP contribution in [0.2, 0.25) is 0 Å². The summed E-state index contributed by atoms with van der Waals surface area (Å²) in [6, 6.07) is 4.99. The van der Waals surface area contributed by atoms with E-state index in [4.69, 9.17) is 22.3 Å². The van der Waals surface area contributed by atoms with Crippen LogP contribution in [0.25, 0.3) is 11.1 Å². The highest BCUT2D eigenvalue weighted by atomic mass is 32.2. The Balaban J connectivity index is 2.34. The average Bonchev–Trinajstić information content (AvgIpc) is 3.25. The molecule has 166 valence electrons. The quantitative estimate of drug-likeness (QED) is 0.312. The smallest absolute Gasteiger partial charge is 0.241 e. The van der Waals surface area contributed by atoms with Gasteiger partial charge in [-0.3, -0.25) is 0 Å². The van der Waals surface area contributed by atoms with Gasteiger partial charge in [-0.05, 0) is 23.8 Å². The SMILES string of the molecule is NC[C@H](N)CNS(=O)(=O)c1ccc(-c2cccnc2N)c(C2=NCN=N2)c1S(N)(=O)=O. The van der Waals surface area contributed by atoms with Crippen molar-refractivity contribution in [3.8, 4) is 11.1 Å². The number of hydrogen-bond acceptors (Lipinski definition) is 11. The third-order valence-electron chi connectivity index (χ3n) is 4.34. The predicted octanol–water partition coefficient (Wildman–Crippen LogP) is -1.29. The third kappa shape index (κ3) is 4.76. The number of nitrogen functional groups attached to an aromatic ring is 1. The molecule has 1 aromatic heterocycles. The summed E-state index contributed by atoms with van der Waals surface area (Å²) in [7, 11) is -8.95. The van der Waals surface area contributed by atoms with Gasteiger partial charge in [-0.25, -0.2) is 36.7 Å². The van der Waals surface area contributed by atoms with Crippen LogP contribution in [0.3, 0.4) is 0 Å². The zero-order valence-electron chi connectivity index (χ0n) is 16.1. The van der Waals surface area contributed by atoms with Crippen LogP contribution in [0.4, 0.5) is 5.82 Å². The number of rotatable bonds is 8. The summed E-state index contributed by atoms with van der Waals surface area (Å²) in [5, 5.41) is 13.0. The second-order valence-corrected chi connectivity index (χ2v) is 9.74. The Morgan fingerprint density at radius 2 is 1.87 bits per heavy atom. The summed E-state index contributed by atoms with van der Waals surface area (Å²) in [6.45, 7) is -0.246. The molecule has 0 saturated carbocycles. The number of benzene rings is 1. The van der Waals surface area contributed by atoms with Gasteiger partial charge >= 0.3 is 0 Å². The Morgan fingerprint density at radius 1 is 1.13 bits per heavy atom. The zero-order chi connectivity index (χ0) is 22.8. The minimum absolute atomic E-state index is 0.0201. The van der Waals surface area contributed by atoms with Crippen LogP contribution in [-0.2, 0) is 20.0 Å². The molecule has 0 unspecified atom stereocenters. The standard InChI is InChI=1S/C16H21N9O4S2/c17-6-9(18)7-24-31(28,29)12-4-3-10(11-2-1-5-21-15(11)19)13(14(12)30(20,26)27)16-22-8-23-25-16/h1-5,9,24H,6-8,17-18H2,(H2,19,21)(H2,20,26,27)/t9-/m0/s1. The fourth-order valence-corrected chi connectivity index (χ4v) is 5.58. The van der Waals surface area contributed by atoms with Crippen LogP contribution < -0.4 is 27.1 Å². The zero-order valence-corrected chi connectivity index (χ0v) is 17.8. The lowest BCUT2D eigenvalue weighted by Gasteiger charge is -2.18. The molecule has 1 aromatic carbocycles. The second-order valence-electron chi connectivity index (χ2n) is 6.51. The van der Waals surface area contributed by atoms with Crippen molar-refractivity contribution in [1.29, 1.82) is 0 Å². The highest BCUT2D eigenvalue weighted by Gasteiger charge is 2.33. The van der Waals surface area contributed by atoms with Crippen LogP contribution in [0, 0.1) is 0 Å². The van der Waals surface area contributed by atoms with Gasteiger partial charge in [-0.2, -0.15) is 5.11 Å². The van der Waals surface area contributed by atoms with Gasteiger partial charge in [-0.15, -0.1) is 5.11 Å². The van der Waals surface area contributed by atoms with E-state index in [2.05, 4.69) is 24.9 Å². The number of sulfonamides is 2. The number of amidine groups is 1. The second kappa shape index (κ2) is 8.74. The number of nitrogens with one attached hydrogen (secondary N) is 1. The lowest BCUT2D eigenvalue weighted by Crippen LogP contribution is -2.42. The Kier molecular flexibility index (Phi) is 6.44. The first kappa shape index (κ1) is 22.9. The summed E-state index contributed by atoms with van der Waals surface area (Å²) < 4.78 is 53.3. The number of pyridine rings is 1. The van der Waals surface area contributed by atoms with Crippen LogP contribution >= 0.6 is 0 Å². The molecule has 0 bridgehead atoms. The van der Waals surface area contributed by atoms with Crippen LogP contribution in [-0.4, -0.2) is 53.5 Å². The van der Waals surface area contributed by atoms with E-state index in [-0.39, 0.29) is 42.5 Å². The van der Waals surface area contributed by atoms with Gasteiger partial charge in [-0.1, -0.05) is 6.07 Å². The fourth-order valence-electron chi connectivity index (χ4n) is 2.89. The van der Waals surface area contributed by atoms with Gasteiger partial charge in [0.2, 0.25) is 20.0 Å². The molecule has 2 aromatic rings. The van der Waals surface area contributed by atoms with Crippen LogP contribution in [0.15, 0.2) is 55.5 Å².